The van der Waals surface area contributed by atoms with Crippen molar-refractivity contribution in [1.29, 1.82) is 0 Å². The van der Waals surface area contributed by atoms with E-state index in [1.54, 1.807) is 24.5 Å². The number of carbonyl (C=O) groups is 1. The van der Waals surface area contributed by atoms with Gasteiger partial charge in [0.2, 0.25) is 5.95 Å². The molecule has 0 aliphatic carbocycles. The van der Waals surface area contributed by atoms with Crippen LogP contribution in [0.5, 0.6) is 6.01 Å². The number of nitrogens with one attached hydrogen (secondary N) is 1. The summed E-state index contributed by atoms with van der Waals surface area (Å²) >= 11 is 0. The lowest BCUT2D eigenvalue weighted by molar-refractivity contribution is 0.0940. The Labute approximate surface area is 161 Å². The van der Waals surface area contributed by atoms with Crippen molar-refractivity contribution in [2.75, 3.05) is 25.1 Å². The molecule has 1 aliphatic heterocycles. The van der Waals surface area contributed by atoms with Crippen LogP contribution in [0.3, 0.4) is 0 Å². The van der Waals surface area contributed by atoms with Gasteiger partial charge < -0.3 is 19.5 Å². The molecule has 144 valence electrons. The topological polar surface area (TPSA) is 119 Å². The van der Waals surface area contributed by atoms with Gasteiger partial charge in [-0.3, -0.25) is 9.78 Å². The van der Waals surface area contributed by atoms with Gasteiger partial charge in [-0.15, -0.1) is 0 Å². The van der Waals surface area contributed by atoms with Crippen molar-refractivity contribution >= 4 is 11.9 Å². The Bertz CT molecular complexity index is 955. The third-order valence-corrected chi connectivity index (χ3v) is 4.32. The molecule has 4 heterocycles. The van der Waals surface area contributed by atoms with E-state index in [1.807, 2.05) is 6.07 Å². The van der Waals surface area contributed by atoms with E-state index in [0.717, 1.165) is 31.5 Å². The summed E-state index contributed by atoms with van der Waals surface area (Å²) in [6, 6.07) is 5.40. The second-order valence-corrected chi connectivity index (χ2v) is 6.23. The lowest BCUT2D eigenvalue weighted by atomic mass is 10.2. The van der Waals surface area contributed by atoms with E-state index in [9.17, 15) is 4.79 Å². The highest BCUT2D eigenvalue weighted by Gasteiger charge is 2.19. The Kier molecular flexibility index (Phi) is 5.09. The van der Waals surface area contributed by atoms with Gasteiger partial charge in [0, 0.05) is 37.1 Å². The first-order valence-corrected chi connectivity index (χ1v) is 8.92. The molecule has 0 saturated carbocycles. The van der Waals surface area contributed by atoms with Gasteiger partial charge in [0.05, 0.1) is 13.7 Å². The number of amides is 1. The van der Waals surface area contributed by atoms with Crippen LogP contribution in [0.4, 0.5) is 5.95 Å². The molecule has 1 N–H and O–H groups in total. The zero-order chi connectivity index (χ0) is 19.3. The van der Waals surface area contributed by atoms with Crippen LogP contribution in [0.2, 0.25) is 0 Å². The number of carbonyl (C=O) groups excluding carboxylic acids is 1. The van der Waals surface area contributed by atoms with Crippen LogP contribution in [0.15, 0.2) is 35.1 Å². The molecule has 0 atom stereocenters. The summed E-state index contributed by atoms with van der Waals surface area (Å²) < 4.78 is 10.4. The molecule has 0 spiro atoms. The van der Waals surface area contributed by atoms with Crippen LogP contribution >= 0.6 is 0 Å². The van der Waals surface area contributed by atoms with Crippen molar-refractivity contribution in [3.8, 4) is 17.3 Å². The second kappa shape index (κ2) is 7.99. The molecular weight excluding hydrogens is 362 g/mol. The molecule has 0 unspecified atom stereocenters. The second-order valence-electron chi connectivity index (χ2n) is 6.23. The van der Waals surface area contributed by atoms with Gasteiger partial charge in [0.15, 0.2) is 17.3 Å². The zero-order valence-electron chi connectivity index (χ0n) is 15.3. The van der Waals surface area contributed by atoms with E-state index in [1.165, 1.54) is 7.11 Å². The maximum Gasteiger partial charge on any atom is 0.321 e. The number of ether oxygens (including phenoxy) is 1. The average molecular weight is 381 g/mol. The molecule has 10 heteroatoms. The van der Waals surface area contributed by atoms with Crippen molar-refractivity contribution in [1.82, 2.24) is 30.4 Å². The molecule has 1 aliphatic rings. The van der Waals surface area contributed by atoms with Gasteiger partial charge in [-0.05, 0) is 25.0 Å². The van der Waals surface area contributed by atoms with Gasteiger partial charge in [0.25, 0.3) is 5.91 Å². The molecule has 1 amide bonds. The van der Waals surface area contributed by atoms with E-state index < -0.39 is 0 Å². The van der Waals surface area contributed by atoms with Gasteiger partial charge in [-0.25, -0.2) is 0 Å². The third-order valence-electron chi connectivity index (χ3n) is 4.32. The first kappa shape index (κ1) is 17.8. The molecule has 4 rings (SSSR count). The highest BCUT2D eigenvalue weighted by molar-refractivity contribution is 5.92. The van der Waals surface area contributed by atoms with E-state index in [4.69, 9.17) is 9.26 Å². The fourth-order valence-electron chi connectivity index (χ4n) is 2.89. The summed E-state index contributed by atoms with van der Waals surface area (Å²) in [7, 11) is 1.50. The van der Waals surface area contributed by atoms with Crippen molar-refractivity contribution in [2.45, 2.75) is 19.4 Å². The molecule has 3 aromatic rings. The molecule has 1 fully saturated rings. The standard InChI is InChI=1S/C18H19N7O3/c1-27-18-22-15(21-17(23-18)25-7-2-3-8-25)11-20-16(26)13-9-14(28-24-13)12-5-4-6-19-10-12/h4-6,9-10H,2-3,7-8,11H2,1H3,(H,20,26). The number of nitrogens with zero attached hydrogens (tertiary/aromatic N) is 6. The Morgan fingerprint density at radius 3 is 2.89 bits per heavy atom. The first-order chi connectivity index (χ1) is 13.7. The molecule has 0 radical (unpaired) electrons. The Balaban J connectivity index is 1.45. The summed E-state index contributed by atoms with van der Waals surface area (Å²) in [5.74, 6) is 1.06. The quantitative estimate of drug-likeness (QED) is 0.676. The largest absolute Gasteiger partial charge is 0.467 e. The average Bonchev–Trinajstić information content (AvgIpc) is 3.45. The van der Waals surface area contributed by atoms with E-state index >= 15 is 0 Å². The molecule has 0 aromatic carbocycles. The number of methoxy groups -OCH3 is 1. The number of hydrogen-bond acceptors (Lipinski definition) is 9. The van der Waals surface area contributed by atoms with E-state index in [-0.39, 0.29) is 24.2 Å². The minimum Gasteiger partial charge on any atom is -0.467 e. The summed E-state index contributed by atoms with van der Waals surface area (Å²) in [5, 5.41) is 6.56. The molecule has 1 saturated heterocycles. The molecule has 3 aromatic heterocycles. The van der Waals surface area contributed by atoms with Crippen LogP contribution in [0.1, 0.15) is 29.2 Å². The summed E-state index contributed by atoms with van der Waals surface area (Å²) in [4.78, 5) is 31.4. The monoisotopic (exact) mass is 381 g/mol. The maximum absolute atomic E-state index is 12.4. The third kappa shape index (κ3) is 3.90. The van der Waals surface area contributed by atoms with Crippen LogP contribution in [-0.2, 0) is 6.54 Å². The molecular formula is C18H19N7O3. The first-order valence-electron chi connectivity index (χ1n) is 8.92. The van der Waals surface area contributed by atoms with Crippen LogP contribution < -0.4 is 15.0 Å². The Hall–Kier alpha value is -3.56. The normalized spacial score (nSPS) is 13.5. The summed E-state index contributed by atoms with van der Waals surface area (Å²) in [6.07, 6.45) is 5.50. The van der Waals surface area contributed by atoms with Gasteiger partial charge in [-0.2, -0.15) is 15.0 Å². The van der Waals surface area contributed by atoms with Crippen LogP contribution in [0.25, 0.3) is 11.3 Å². The predicted octanol–water partition coefficient (Wildman–Crippen LogP) is 1.46. The Morgan fingerprint density at radius 2 is 2.14 bits per heavy atom. The maximum atomic E-state index is 12.4. The van der Waals surface area contributed by atoms with Gasteiger partial charge in [-0.1, -0.05) is 5.16 Å². The summed E-state index contributed by atoms with van der Waals surface area (Å²) in [6.45, 7) is 1.91. The van der Waals surface area contributed by atoms with Gasteiger partial charge in [0.1, 0.15) is 0 Å². The number of aromatic nitrogens is 5. The molecule has 0 bridgehead atoms. The van der Waals surface area contributed by atoms with Crippen molar-refractivity contribution in [3.05, 3.63) is 42.1 Å². The Morgan fingerprint density at radius 1 is 1.29 bits per heavy atom. The fraction of sp³-hybridized carbons (Fsp3) is 0.333. The number of anilines is 1. The number of pyridine rings is 1. The predicted molar refractivity (Wildman–Crippen MR) is 98.7 cm³/mol. The highest BCUT2D eigenvalue weighted by atomic mass is 16.5. The van der Waals surface area contributed by atoms with Gasteiger partial charge >= 0.3 is 6.01 Å². The van der Waals surface area contributed by atoms with Crippen LogP contribution in [0, 0.1) is 0 Å². The lowest BCUT2D eigenvalue weighted by Gasteiger charge is -2.16. The highest BCUT2D eigenvalue weighted by Crippen LogP contribution is 2.19. The molecule has 28 heavy (non-hydrogen) atoms. The zero-order valence-corrected chi connectivity index (χ0v) is 15.3. The fourth-order valence-corrected chi connectivity index (χ4v) is 2.89. The smallest absolute Gasteiger partial charge is 0.321 e. The molecule has 10 nitrogen and oxygen atoms in total. The van der Waals surface area contributed by atoms with Crippen molar-refractivity contribution in [3.63, 3.8) is 0 Å². The number of hydrogen-bond donors (Lipinski definition) is 1. The van der Waals surface area contributed by atoms with E-state index in [2.05, 4.69) is 35.3 Å². The minimum absolute atomic E-state index is 0.119. The van der Waals surface area contributed by atoms with Crippen molar-refractivity contribution in [2.24, 2.45) is 0 Å². The number of rotatable bonds is 6. The minimum atomic E-state index is -0.388. The van der Waals surface area contributed by atoms with Crippen LogP contribution in [-0.4, -0.2) is 51.2 Å². The summed E-state index contributed by atoms with van der Waals surface area (Å²) in [5.41, 5.74) is 0.908. The van der Waals surface area contributed by atoms with E-state index in [0.29, 0.717) is 17.5 Å². The SMILES string of the molecule is COc1nc(CNC(=O)c2cc(-c3cccnc3)on2)nc(N2CCCC2)n1. The lowest BCUT2D eigenvalue weighted by Crippen LogP contribution is -2.26. The van der Waals surface area contributed by atoms with Crippen molar-refractivity contribution < 1.29 is 14.1 Å².